The third kappa shape index (κ3) is 3.16. The molecule has 2 amide bonds. The van der Waals surface area contributed by atoms with Gasteiger partial charge in [-0.2, -0.15) is 0 Å². The number of carbonyl (C=O) groups is 3. The molecule has 1 aromatic carbocycles. The van der Waals surface area contributed by atoms with Crippen molar-refractivity contribution in [3.05, 3.63) is 42.5 Å². The number of aromatic carboxylic acids is 1. The highest BCUT2D eigenvalue weighted by molar-refractivity contribution is 6.42. The van der Waals surface area contributed by atoms with Gasteiger partial charge in [0.2, 0.25) is 0 Å². The van der Waals surface area contributed by atoms with Gasteiger partial charge >= 0.3 is 17.8 Å². The predicted octanol–water partition coefficient (Wildman–Crippen LogP) is -0.315. The van der Waals surface area contributed by atoms with Crippen molar-refractivity contribution in [2.45, 2.75) is 0 Å². The van der Waals surface area contributed by atoms with Crippen molar-refractivity contribution in [2.24, 2.45) is 0 Å². The molecule has 0 aliphatic rings. The van der Waals surface area contributed by atoms with Crippen molar-refractivity contribution in [2.75, 3.05) is 10.7 Å². The first kappa shape index (κ1) is 13.2. The highest BCUT2D eigenvalue weighted by atomic mass is 16.4. The zero-order valence-corrected chi connectivity index (χ0v) is 9.98. The molecule has 9 heteroatoms. The van der Waals surface area contributed by atoms with E-state index >= 15 is 0 Å². The molecule has 9 nitrogen and oxygen atoms in total. The van der Waals surface area contributed by atoms with Gasteiger partial charge in [0.15, 0.2) is 0 Å². The third-order valence-electron chi connectivity index (χ3n) is 2.25. The smallest absolute Gasteiger partial charge is 0.335 e. The predicted molar refractivity (Wildman–Crippen MR) is 66.4 cm³/mol. The highest BCUT2D eigenvalue weighted by Crippen LogP contribution is 2.09. The number of carboxylic acids is 1. The van der Waals surface area contributed by atoms with Crippen LogP contribution >= 0.6 is 0 Å². The lowest BCUT2D eigenvalue weighted by Gasteiger charge is -2.06. The Bertz CT molecular complexity index is 635. The molecule has 3 N–H and O–H groups in total. The summed E-state index contributed by atoms with van der Waals surface area (Å²) in [5.41, 5.74) is 2.60. The SMILES string of the molecule is O=C(Nc1ccc(C(=O)O)cc1)C(=O)Nn1cnnc1. The average molecular weight is 275 g/mol. The van der Waals surface area contributed by atoms with Gasteiger partial charge in [0.25, 0.3) is 0 Å². The van der Waals surface area contributed by atoms with E-state index in [1.807, 2.05) is 0 Å². The zero-order valence-electron chi connectivity index (χ0n) is 9.98. The van der Waals surface area contributed by atoms with Crippen molar-refractivity contribution in [3.8, 4) is 0 Å². The van der Waals surface area contributed by atoms with Gasteiger partial charge in [-0.05, 0) is 24.3 Å². The quantitative estimate of drug-likeness (QED) is 0.659. The summed E-state index contributed by atoms with van der Waals surface area (Å²) in [5, 5.41) is 18.0. The fraction of sp³-hybridized carbons (Fsp3) is 0. The van der Waals surface area contributed by atoms with Crippen LogP contribution in [-0.2, 0) is 9.59 Å². The highest BCUT2D eigenvalue weighted by Gasteiger charge is 2.14. The monoisotopic (exact) mass is 275 g/mol. The van der Waals surface area contributed by atoms with Crippen molar-refractivity contribution in [1.29, 1.82) is 0 Å². The molecule has 0 fully saturated rings. The second-order valence-electron chi connectivity index (χ2n) is 3.65. The Balaban J connectivity index is 1.97. The first-order valence-corrected chi connectivity index (χ1v) is 5.36. The fourth-order valence-electron chi connectivity index (χ4n) is 1.31. The lowest BCUT2D eigenvalue weighted by molar-refractivity contribution is -0.133. The molecule has 0 aliphatic carbocycles. The summed E-state index contributed by atoms with van der Waals surface area (Å²) in [6.45, 7) is 0. The van der Waals surface area contributed by atoms with Crippen LogP contribution in [0, 0.1) is 0 Å². The molecule has 20 heavy (non-hydrogen) atoms. The van der Waals surface area contributed by atoms with Gasteiger partial charge in [-0.25, -0.2) is 9.47 Å². The van der Waals surface area contributed by atoms with Gasteiger partial charge in [0.05, 0.1) is 5.56 Å². The second-order valence-corrected chi connectivity index (χ2v) is 3.65. The van der Waals surface area contributed by atoms with Crippen LogP contribution in [0.4, 0.5) is 5.69 Å². The second kappa shape index (κ2) is 5.61. The lowest BCUT2D eigenvalue weighted by atomic mass is 10.2. The van der Waals surface area contributed by atoms with Crippen LogP contribution in [0.5, 0.6) is 0 Å². The molecule has 102 valence electrons. The molecule has 0 unspecified atom stereocenters. The Labute approximate surface area is 112 Å². The maximum atomic E-state index is 11.6. The van der Waals surface area contributed by atoms with E-state index in [-0.39, 0.29) is 5.56 Å². The van der Waals surface area contributed by atoms with Crippen LogP contribution in [-0.4, -0.2) is 37.8 Å². The van der Waals surface area contributed by atoms with E-state index in [9.17, 15) is 14.4 Å². The summed E-state index contributed by atoms with van der Waals surface area (Å²) in [5.74, 6) is -2.89. The molecule has 0 saturated heterocycles. The zero-order chi connectivity index (χ0) is 14.5. The molecular weight excluding hydrogens is 266 g/mol. The molecule has 2 rings (SSSR count). The number of benzene rings is 1. The summed E-state index contributed by atoms with van der Waals surface area (Å²) in [7, 11) is 0. The molecule has 0 bridgehead atoms. The summed E-state index contributed by atoms with van der Waals surface area (Å²) in [6, 6.07) is 5.39. The van der Waals surface area contributed by atoms with Crippen molar-refractivity contribution >= 4 is 23.5 Å². The van der Waals surface area contributed by atoms with Gasteiger partial charge in [-0.1, -0.05) is 0 Å². The van der Waals surface area contributed by atoms with Crippen LogP contribution in [0.25, 0.3) is 0 Å². The first-order chi connectivity index (χ1) is 9.56. The van der Waals surface area contributed by atoms with Gasteiger partial charge in [-0.3, -0.25) is 15.0 Å². The Morgan fingerprint density at radius 2 is 1.60 bits per heavy atom. The molecule has 2 aromatic rings. The molecule has 0 spiro atoms. The van der Waals surface area contributed by atoms with E-state index in [1.165, 1.54) is 36.9 Å². The minimum absolute atomic E-state index is 0.0805. The fourth-order valence-corrected chi connectivity index (χ4v) is 1.31. The number of anilines is 1. The third-order valence-corrected chi connectivity index (χ3v) is 2.25. The Hall–Kier alpha value is -3.23. The topological polar surface area (TPSA) is 126 Å². The van der Waals surface area contributed by atoms with E-state index in [4.69, 9.17) is 5.11 Å². The van der Waals surface area contributed by atoms with Gasteiger partial charge in [0, 0.05) is 5.69 Å². The Morgan fingerprint density at radius 1 is 1.00 bits per heavy atom. The number of hydrogen-bond acceptors (Lipinski definition) is 5. The number of aromatic nitrogens is 3. The van der Waals surface area contributed by atoms with E-state index < -0.39 is 17.8 Å². The molecule has 0 radical (unpaired) electrons. The number of amides is 2. The Morgan fingerprint density at radius 3 is 2.15 bits per heavy atom. The largest absolute Gasteiger partial charge is 0.478 e. The summed E-state index contributed by atoms with van der Waals surface area (Å²) < 4.78 is 1.12. The average Bonchev–Trinajstić information content (AvgIpc) is 2.92. The number of rotatable bonds is 3. The van der Waals surface area contributed by atoms with E-state index in [1.54, 1.807) is 0 Å². The molecule has 0 saturated carbocycles. The number of nitrogens with one attached hydrogen (secondary N) is 2. The molecule has 0 atom stereocenters. The minimum Gasteiger partial charge on any atom is -0.478 e. The van der Waals surface area contributed by atoms with E-state index in [0.717, 1.165) is 4.68 Å². The van der Waals surface area contributed by atoms with Crippen LogP contribution in [0.1, 0.15) is 10.4 Å². The maximum absolute atomic E-state index is 11.6. The first-order valence-electron chi connectivity index (χ1n) is 5.36. The van der Waals surface area contributed by atoms with Crippen molar-refractivity contribution < 1.29 is 19.5 Å². The standard InChI is InChI=1S/C11H9N5O4/c17-9(10(18)15-16-5-12-13-6-16)14-8-3-1-7(2-4-8)11(19)20/h1-6H,(H,14,17)(H,15,18)(H,19,20). The van der Waals surface area contributed by atoms with Crippen LogP contribution in [0.2, 0.25) is 0 Å². The molecule has 1 aromatic heterocycles. The van der Waals surface area contributed by atoms with Gasteiger partial charge < -0.3 is 10.4 Å². The number of hydrogen-bond donors (Lipinski definition) is 3. The van der Waals surface area contributed by atoms with Crippen LogP contribution in [0.15, 0.2) is 36.9 Å². The van der Waals surface area contributed by atoms with Crippen LogP contribution < -0.4 is 10.7 Å². The van der Waals surface area contributed by atoms with E-state index in [2.05, 4.69) is 20.9 Å². The summed E-state index contributed by atoms with van der Waals surface area (Å²) in [4.78, 5) is 33.7. The lowest BCUT2D eigenvalue weighted by Crippen LogP contribution is -2.33. The normalized spacial score (nSPS) is 9.80. The van der Waals surface area contributed by atoms with Gasteiger partial charge in [0.1, 0.15) is 12.7 Å². The number of carbonyl (C=O) groups excluding carboxylic acids is 2. The molecule has 1 heterocycles. The number of carboxylic acid groups (broad SMARTS) is 1. The molecule has 0 aliphatic heterocycles. The van der Waals surface area contributed by atoms with Crippen molar-refractivity contribution in [3.63, 3.8) is 0 Å². The number of nitrogens with zero attached hydrogens (tertiary/aromatic N) is 3. The Kier molecular flexibility index (Phi) is 3.70. The van der Waals surface area contributed by atoms with Gasteiger partial charge in [-0.15, -0.1) is 10.2 Å². The summed E-state index contributed by atoms with van der Waals surface area (Å²) >= 11 is 0. The van der Waals surface area contributed by atoms with E-state index in [0.29, 0.717) is 5.69 Å². The van der Waals surface area contributed by atoms with Crippen LogP contribution in [0.3, 0.4) is 0 Å². The van der Waals surface area contributed by atoms with Crippen molar-refractivity contribution in [1.82, 2.24) is 14.9 Å². The summed E-state index contributed by atoms with van der Waals surface area (Å²) in [6.07, 6.45) is 2.43. The maximum Gasteiger partial charge on any atom is 0.335 e. The molecular formula is C11H9N5O4. The minimum atomic E-state index is -1.08.